The van der Waals surface area contributed by atoms with Gasteiger partial charge in [-0.15, -0.1) is 0 Å². The van der Waals surface area contributed by atoms with Gasteiger partial charge in [-0.05, 0) is 48.5 Å². The maximum absolute atomic E-state index is 12.3. The van der Waals surface area contributed by atoms with E-state index in [9.17, 15) is 18.4 Å². The molecule has 6 nitrogen and oxygen atoms in total. The third kappa shape index (κ3) is 6.43. The van der Waals surface area contributed by atoms with Gasteiger partial charge in [0.15, 0.2) is 6.61 Å². The summed E-state index contributed by atoms with van der Waals surface area (Å²) in [6, 6.07) is 13.0. The van der Waals surface area contributed by atoms with Gasteiger partial charge < -0.3 is 19.7 Å². The van der Waals surface area contributed by atoms with Crippen molar-refractivity contribution in [2.24, 2.45) is 0 Å². The van der Waals surface area contributed by atoms with Gasteiger partial charge in [0.2, 0.25) is 0 Å². The number of alkyl halides is 2. The van der Waals surface area contributed by atoms with Gasteiger partial charge in [0.1, 0.15) is 0 Å². The highest BCUT2D eigenvalue weighted by Gasteiger charge is 2.13. The summed E-state index contributed by atoms with van der Waals surface area (Å²) in [4.78, 5) is 26.5. The van der Waals surface area contributed by atoms with Crippen molar-refractivity contribution >= 4 is 35.0 Å². The van der Waals surface area contributed by atoms with E-state index in [2.05, 4.69) is 10.2 Å². The molecule has 29 heavy (non-hydrogen) atoms. The molecule has 1 aliphatic rings. The number of morpholine rings is 1. The molecule has 9 heteroatoms. The first kappa shape index (κ1) is 21.1. The molecular weight excluding hydrogens is 402 g/mol. The second-order valence-electron chi connectivity index (χ2n) is 6.17. The van der Waals surface area contributed by atoms with Gasteiger partial charge in [-0.1, -0.05) is 11.8 Å². The van der Waals surface area contributed by atoms with E-state index in [4.69, 9.17) is 9.47 Å². The van der Waals surface area contributed by atoms with Gasteiger partial charge in [0, 0.05) is 29.4 Å². The Morgan fingerprint density at radius 2 is 1.72 bits per heavy atom. The number of nitrogens with one attached hydrogen (secondary N) is 1. The lowest BCUT2D eigenvalue weighted by atomic mass is 10.2. The fraction of sp³-hybridized carbons (Fsp3) is 0.300. The number of nitrogens with zero attached hydrogens (tertiary/aromatic N) is 1. The third-order valence-corrected chi connectivity index (χ3v) is 4.90. The third-order valence-electron chi connectivity index (χ3n) is 4.18. The van der Waals surface area contributed by atoms with Gasteiger partial charge in [-0.25, -0.2) is 4.79 Å². The molecule has 1 saturated heterocycles. The summed E-state index contributed by atoms with van der Waals surface area (Å²) in [6.45, 7) is 2.58. The molecule has 0 aromatic heterocycles. The highest BCUT2D eigenvalue weighted by atomic mass is 32.2. The zero-order valence-electron chi connectivity index (χ0n) is 15.5. The zero-order chi connectivity index (χ0) is 20.6. The lowest BCUT2D eigenvalue weighted by Crippen LogP contribution is -2.36. The van der Waals surface area contributed by atoms with Gasteiger partial charge >= 0.3 is 5.97 Å². The molecule has 3 rings (SSSR count). The number of ether oxygens (including phenoxy) is 2. The number of rotatable bonds is 7. The summed E-state index contributed by atoms with van der Waals surface area (Å²) >= 11 is 0.389. The molecule has 154 valence electrons. The lowest BCUT2D eigenvalue weighted by Gasteiger charge is -2.28. The molecule has 1 N–H and O–H groups in total. The van der Waals surface area contributed by atoms with Crippen LogP contribution in [0, 0.1) is 0 Å². The van der Waals surface area contributed by atoms with Crippen molar-refractivity contribution in [3.8, 4) is 0 Å². The topological polar surface area (TPSA) is 67.9 Å². The van der Waals surface area contributed by atoms with Crippen LogP contribution < -0.4 is 10.2 Å². The molecule has 2 aromatic carbocycles. The second kappa shape index (κ2) is 10.2. The summed E-state index contributed by atoms with van der Waals surface area (Å²) < 4.78 is 34.9. The van der Waals surface area contributed by atoms with Crippen LogP contribution >= 0.6 is 11.8 Å². The second-order valence-corrected chi connectivity index (χ2v) is 7.24. The summed E-state index contributed by atoms with van der Waals surface area (Å²) in [6.07, 6.45) is 0. The number of carbonyl (C=O) groups is 2. The van der Waals surface area contributed by atoms with Gasteiger partial charge in [0.25, 0.3) is 11.7 Å². The Bertz CT molecular complexity index is 825. The van der Waals surface area contributed by atoms with Crippen molar-refractivity contribution in [2.45, 2.75) is 10.7 Å². The standard InChI is InChI=1S/C20H20F2N2O4S/c21-20(22)29-17-7-1-14(2-8-17)19(26)28-13-18(25)23-15-3-5-16(6-4-15)24-9-11-27-12-10-24/h1-8,20H,9-13H2,(H,23,25). The Morgan fingerprint density at radius 3 is 2.34 bits per heavy atom. The molecular formula is C20H20F2N2O4S. The van der Waals surface area contributed by atoms with Crippen molar-refractivity contribution < 1.29 is 27.8 Å². The molecule has 2 aromatic rings. The van der Waals surface area contributed by atoms with E-state index in [1.165, 1.54) is 24.3 Å². The Labute approximate surface area is 171 Å². The molecule has 0 atom stereocenters. The van der Waals surface area contributed by atoms with Crippen LogP contribution in [0.5, 0.6) is 0 Å². The van der Waals surface area contributed by atoms with Crippen LogP contribution in [-0.4, -0.2) is 50.5 Å². The van der Waals surface area contributed by atoms with Crippen LogP contribution in [0.1, 0.15) is 10.4 Å². The number of benzene rings is 2. The Hall–Kier alpha value is -2.65. The van der Waals surface area contributed by atoms with Gasteiger partial charge in [-0.3, -0.25) is 4.79 Å². The van der Waals surface area contributed by atoms with Crippen LogP contribution in [-0.2, 0) is 14.3 Å². The number of anilines is 2. The number of hydrogen-bond donors (Lipinski definition) is 1. The summed E-state index contributed by atoms with van der Waals surface area (Å²) in [5.74, 6) is -3.70. The predicted octanol–water partition coefficient (Wildman–Crippen LogP) is 3.63. The smallest absolute Gasteiger partial charge is 0.338 e. The van der Waals surface area contributed by atoms with E-state index in [1.807, 2.05) is 12.1 Å². The Balaban J connectivity index is 1.46. The van der Waals surface area contributed by atoms with Gasteiger partial charge in [0.05, 0.1) is 18.8 Å². The first-order valence-electron chi connectivity index (χ1n) is 8.96. The van der Waals surface area contributed by atoms with Gasteiger partial charge in [-0.2, -0.15) is 8.78 Å². The number of halogens is 2. The number of thioether (sulfide) groups is 1. The summed E-state index contributed by atoms with van der Waals surface area (Å²) in [7, 11) is 0. The molecule has 0 radical (unpaired) electrons. The van der Waals surface area contributed by atoms with E-state index in [0.29, 0.717) is 35.6 Å². The molecule has 0 saturated carbocycles. The molecule has 1 aliphatic heterocycles. The molecule has 0 aliphatic carbocycles. The van der Waals surface area contributed by atoms with Crippen molar-refractivity contribution in [2.75, 3.05) is 43.1 Å². The van der Waals surface area contributed by atoms with Crippen LogP contribution in [0.4, 0.5) is 20.2 Å². The fourth-order valence-corrected chi connectivity index (χ4v) is 3.26. The highest BCUT2D eigenvalue weighted by molar-refractivity contribution is 7.99. The molecule has 0 bridgehead atoms. The SMILES string of the molecule is O=C(COC(=O)c1ccc(SC(F)F)cc1)Nc1ccc(N2CCOCC2)cc1. The van der Waals surface area contributed by atoms with Crippen LogP contribution in [0.15, 0.2) is 53.4 Å². The monoisotopic (exact) mass is 422 g/mol. The minimum absolute atomic E-state index is 0.186. The quantitative estimate of drug-likeness (QED) is 0.543. The molecule has 1 fully saturated rings. The van der Waals surface area contributed by atoms with E-state index < -0.39 is 24.2 Å². The van der Waals surface area contributed by atoms with Crippen LogP contribution in [0.3, 0.4) is 0 Å². The molecule has 0 unspecified atom stereocenters. The van der Waals surface area contributed by atoms with E-state index in [0.717, 1.165) is 18.8 Å². The summed E-state index contributed by atoms with van der Waals surface area (Å²) in [5, 5.41) is 2.66. The first-order chi connectivity index (χ1) is 14.0. The molecule has 1 heterocycles. The largest absolute Gasteiger partial charge is 0.452 e. The Morgan fingerprint density at radius 1 is 1.07 bits per heavy atom. The van der Waals surface area contributed by atoms with Crippen molar-refractivity contribution in [3.63, 3.8) is 0 Å². The minimum atomic E-state index is -2.53. The Kier molecular flexibility index (Phi) is 7.42. The predicted molar refractivity (Wildman–Crippen MR) is 107 cm³/mol. The fourth-order valence-electron chi connectivity index (χ4n) is 2.76. The average molecular weight is 422 g/mol. The number of amides is 1. The number of carbonyl (C=O) groups excluding carboxylic acids is 2. The van der Waals surface area contributed by atoms with Crippen LogP contribution in [0.25, 0.3) is 0 Å². The minimum Gasteiger partial charge on any atom is -0.452 e. The maximum atomic E-state index is 12.3. The zero-order valence-corrected chi connectivity index (χ0v) is 16.3. The first-order valence-corrected chi connectivity index (χ1v) is 9.84. The number of esters is 1. The molecule has 1 amide bonds. The van der Waals surface area contributed by atoms with Crippen molar-refractivity contribution in [1.82, 2.24) is 0 Å². The van der Waals surface area contributed by atoms with E-state index in [1.54, 1.807) is 12.1 Å². The van der Waals surface area contributed by atoms with E-state index in [-0.39, 0.29) is 5.56 Å². The van der Waals surface area contributed by atoms with Crippen molar-refractivity contribution in [1.29, 1.82) is 0 Å². The molecule has 0 spiro atoms. The van der Waals surface area contributed by atoms with Crippen molar-refractivity contribution in [3.05, 3.63) is 54.1 Å². The maximum Gasteiger partial charge on any atom is 0.338 e. The summed E-state index contributed by atoms with van der Waals surface area (Å²) in [5.41, 5.74) is 1.83. The average Bonchev–Trinajstić information content (AvgIpc) is 2.73. The van der Waals surface area contributed by atoms with Crippen LogP contribution in [0.2, 0.25) is 0 Å². The highest BCUT2D eigenvalue weighted by Crippen LogP contribution is 2.25. The lowest BCUT2D eigenvalue weighted by molar-refractivity contribution is -0.119. The normalized spacial score (nSPS) is 14.0. The van der Waals surface area contributed by atoms with E-state index >= 15 is 0 Å². The number of hydrogen-bond acceptors (Lipinski definition) is 6.